The van der Waals surface area contributed by atoms with E-state index in [4.69, 9.17) is 23.2 Å². The maximum Gasteiger partial charge on any atom is 0.0441 e. The van der Waals surface area contributed by atoms with Gasteiger partial charge in [-0.2, -0.15) is 0 Å². The van der Waals surface area contributed by atoms with Gasteiger partial charge in [0.1, 0.15) is 0 Å². The molecule has 0 saturated heterocycles. The summed E-state index contributed by atoms with van der Waals surface area (Å²) in [6.07, 6.45) is 0.825. The van der Waals surface area contributed by atoms with Crippen LogP contribution in [0.2, 0.25) is 10.0 Å². The quantitative estimate of drug-likeness (QED) is 0.712. The molecule has 0 nitrogen and oxygen atoms in total. The summed E-state index contributed by atoms with van der Waals surface area (Å²) in [6.45, 7) is 2.04. The van der Waals surface area contributed by atoms with Crippen molar-refractivity contribution in [1.29, 1.82) is 0 Å². The highest BCUT2D eigenvalue weighted by Gasteiger charge is 2.05. The lowest BCUT2D eigenvalue weighted by atomic mass is 10.0. The second kappa shape index (κ2) is 4.90. The van der Waals surface area contributed by atoms with Gasteiger partial charge in [-0.25, -0.2) is 0 Å². The number of halogens is 2. The highest BCUT2D eigenvalue weighted by atomic mass is 35.5. The lowest BCUT2D eigenvalue weighted by Gasteiger charge is -2.08. The molecular weight excluding hydrogens is 239 g/mol. The molecule has 0 bridgehead atoms. The monoisotopic (exact) mass is 250 g/mol. The summed E-state index contributed by atoms with van der Waals surface area (Å²) in [4.78, 5) is 0. The van der Waals surface area contributed by atoms with Gasteiger partial charge >= 0.3 is 0 Å². The van der Waals surface area contributed by atoms with Crippen LogP contribution in [0.5, 0.6) is 0 Å². The normalized spacial score (nSPS) is 10.4. The van der Waals surface area contributed by atoms with Gasteiger partial charge in [0.15, 0.2) is 0 Å². The standard InChI is InChI=1S/C14H12Cl2/c1-10-11(6-4-8-13(10)15)9-12-5-2-3-7-14(12)16/h2-8H,9H2,1H3. The number of rotatable bonds is 2. The van der Waals surface area contributed by atoms with Gasteiger partial charge in [-0.1, -0.05) is 53.5 Å². The Hall–Kier alpha value is -0.980. The number of benzene rings is 2. The summed E-state index contributed by atoms with van der Waals surface area (Å²) in [5.74, 6) is 0. The molecule has 0 unspecified atom stereocenters. The van der Waals surface area contributed by atoms with Crippen LogP contribution in [0.3, 0.4) is 0 Å². The molecule has 0 spiro atoms. The molecule has 0 aliphatic carbocycles. The van der Waals surface area contributed by atoms with Crippen molar-refractivity contribution < 1.29 is 0 Å². The molecule has 0 fully saturated rings. The number of hydrogen-bond acceptors (Lipinski definition) is 0. The van der Waals surface area contributed by atoms with Gasteiger partial charge in [-0.3, -0.25) is 0 Å². The molecule has 0 aliphatic rings. The zero-order valence-corrected chi connectivity index (χ0v) is 10.5. The van der Waals surface area contributed by atoms with Crippen LogP contribution in [0.25, 0.3) is 0 Å². The fourth-order valence-corrected chi connectivity index (χ4v) is 2.09. The lowest BCUT2D eigenvalue weighted by molar-refractivity contribution is 1.16. The second-order valence-corrected chi connectivity index (χ2v) is 4.61. The second-order valence-electron chi connectivity index (χ2n) is 3.79. The van der Waals surface area contributed by atoms with Crippen molar-refractivity contribution in [3.8, 4) is 0 Å². The predicted octanol–water partition coefficient (Wildman–Crippen LogP) is 4.89. The first-order valence-corrected chi connectivity index (χ1v) is 5.91. The fourth-order valence-electron chi connectivity index (χ4n) is 1.69. The topological polar surface area (TPSA) is 0 Å². The average molecular weight is 251 g/mol. The summed E-state index contributed by atoms with van der Waals surface area (Å²) in [7, 11) is 0. The zero-order chi connectivity index (χ0) is 11.5. The number of hydrogen-bond donors (Lipinski definition) is 0. The third-order valence-corrected chi connectivity index (χ3v) is 3.50. The van der Waals surface area contributed by atoms with E-state index in [9.17, 15) is 0 Å². The molecule has 82 valence electrons. The van der Waals surface area contributed by atoms with E-state index in [0.717, 1.165) is 27.6 Å². The van der Waals surface area contributed by atoms with E-state index in [1.165, 1.54) is 5.56 Å². The molecule has 0 heterocycles. The van der Waals surface area contributed by atoms with E-state index < -0.39 is 0 Å². The summed E-state index contributed by atoms with van der Waals surface area (Å²) in [5.41, 5.74) is 3.49. The van der Waals surface area contributed by atoms with Gasteiger partial charge < -0.3 is 0 Å². The molecule has 2 rings (SSSR count). The molecule has 2 heteroatoms. The third-order valence-electron chi connectivity index (χ3n) is 2.72. The summed E-state index contributed by atoms with van der Waals surface area (Å²) < 4.78 is 0. The van der Waals surface area contributed by atoms with Crippen LogP contribution in [-0.2, 0) is 6.42 Å². The Morgan fingerprint density at radius 1 is 0.812 bits per heavy atom. The molecule has 0 radical (unpaired) electrons. The van der Waals surface area contributed by atoms with E-state index in [1.54, 1.807) is 0 Å². The van der Waals surface area contributed by atoms with Crippen LogP contribution in [0, 0.1) is 6.92 Å². The van der Waals surface area contributed by atoms with Gasteiger partial charge in [0.25, 0.3) is 0 Å². The first kappa shape index (κ1) is 11.5. The summed E-state index contributed by atoms with van der Waals surface area (Å²) >= 11 is 12.2. The van der Waals surface area contributed by atoms with Crippen molar-refractivity contribution in [2.45, 2.75) is 13.3 Å². The Morgan fingerprint density at radius 2 is 1.44 bits per heavy atom. The molecule has 0 amide bonds. The van der Waals surface area contributed by atoms with E-state index in [0.29, 0.717) is 0 Å². The highest BCUT2D eigenvalue weighted by molar-refractivity contribution is 6.31. The van der Waals surface area contributed by atoms with Crippen LogP contribution in [-0.4, -0.2) is 0 Å². The first-order chi connectivity index (χ1) is 7.68. The van der Waals surface area contributed by atoms with Crippen LogP contribution < -0.4 is 0 Å². The SMILES string of the molecule is Cc1c(Cl)cccc1Cc1ccccc1Cl. The Balaban J connectivity index is 2.35. The molecule has 2 aromatic rings. The molecule has 0 saturated carbocycles. The maximum atomic E-state index is 6.13. The van der Waals surface area contributed by atoms with E-state index in [-0.39, 0.29) is 0 Å². The van der Waals surface area contributed by atoms with Crippen molar-refractivity contribution in [2.75, 3.05) is 0 Å². The van der Waals surface area contributed by atoms with Gasteiger partial charge in [0.2, 0.25) is 0 Å². The summed E-state index contributed by atoms with van der Waals surface area (Å²) in [5, 5.41) is 1.62. The largest absolute Gasteiger partial charge is 0.0840 e. The molecule has 16 heavy (non-hydrogen) atoms. The van der Waals surface area contributed by atoms with E-state index in [2.05, 4.69) is 6.07 Å². The van der Waals surface area contributed by atoms with E-state index >= 15 is 0 Å². The smallest absolute Gasteiger partial charge is 0.0441 e. The Labute approximate surface area is 106 Å². The molecule has 0 N–H and O–H groups in total. The van der Waals surface area contributed by atoms with Gasteiger partial charge in [0, 0.05) is 10.0 Å². The average Bonchev–Trinajstić information content (AvgIpc) is 2.28. The molecule has 0 aliphatic heterocycles. The molecule has 0 aromatic heterocycles. The van der Waals surface area contributed by atoms with Crippen molar-refractivity contribution in [1.82, 2.24) is 0 Å². The lowest BCUT2D eigenvalue weighted by Crippen LogP contribution is -1.93. The van der Waals surface area contributed by atoms with E-state index in [1.807, 2.05) is 43.3 Å². The van der Waals surface area contributed by atoms with Crippen LogP contribution >= 0.6 is 23.2 Å². The van der Waals surface area contributed by atoms with Crippen molar-refractivity contribution >= 4 is 23.2 Å². The van der Waals surface area contributed by atoms with Crippen LogP contribution in [0.4, 0.5) is 0 Å². The third kappa shape index (κ3) is 2.40. The Bertz CT molecular complexity index is 504. The van der Waals surface area contributed by atoms with Gasteiger partial charge in [0.05, 0.1) is 0 Å². The molecular formula is C14H12Cl2. The van der Waals surface area contributed by atoms with Crippen molar-refractivity contribution in [3.05, 3.63) is 69.2 Å². The fraction of sp³-hybridized carbons (Fsp3) is 0.143. The predicted molar refractivity (Wildman–Crippen MR) is 70.4 cm³/mol. The minimum Gasteiger partial charge on any atom is -0.0840 e. The first-order valence-electron chi connectivity index (χ1n) is 5.16. The van der Waals surface area contributed by atoms with Gasteiger partial charge in [-0.05, 0) is 42.2 Å². The van der Waals surface area contributed by atoms with Crippen molar-refractivity contribution in [2.24, 2.45) is 0 Å². The minimum absolute atomic E-state index is 0.807. The molecule has 0 atom stereocenters. The summed E-state index contributed by atoms with van der Waals surface area (Å²) in [6, 6.07) is 13.9. The molecule has 2 aromatic carbocycles. The van der Waals surface area contributed by atoms with Crippen LogP contribution in [0.1, 0.15) is 16.7 Å². The highest BCUT2D eigenvalue weighted by Crippen LogP contribution is 2.24. The maximum absolute atomic E-state index is 6.13. The Morgan fingerprint density at radius 3 is 2.19 bits per heavy atom. The zero-order valence-electron chi connectivity index (χ0n) is 9.00. The van der Waals surface area contributed by atoms with Crippen LogP contribution in [0.15, 0.2) is 42.5 Å². The van der Waals surface area contributed by atoms with Crippen molar-refractivity contribution in [3.63, 3.8) is 0 Å². The minimum atomic E-state index is 0.807. The Kier molecular flexibility index (Phi) is 3.52. The van der Waals surface area contributed by atoms with Gasteiger partial charge in [-0.15, -0.1) is 0 Å².